The molecule has 0 radical (unpaired) electrons. The van der Waals surface area contributed by atoms with Gasteiger partial charge in [-0.3, -0.25) is 24.1 Å². The van der Waals surface area contributed by atoms with E-state index in [-0.39, 0.29) is 33.7 Å². The van der Waals surface area contributed by atoms with Crippen molar-refractivity contribution in [2.75, 3.05) is 10.3 Å². The first-order valence-corrected chi connectivity index (χ1v) is 14.0. The van der Waals surface area contributed by atoms with Crippen LogP contribution >= 0.6 is 23.2 Å². The number of amides is 1. The van der Waals surface area contributed by atoms with Crippen molar-refractivity contribution < 1.29 is 13.6 Å². The maximum absolute atomic E-state index is 13.9. The molecule has 0 aliphatic carbocycles. The van der Waals surface area contributed by atoms with Crippen LogP contribution in [0.15, 0.2) is 71.3 Å². The van der Waals surface area contributed by atoms with Gasteiger partial charge >= 0.3 is 6.55 Å². The number of hydrogen-bond acceptors (Lipinski definition) is 8. The lowest BCUT2D eigenvalue weighted by Crippen LogP contribution is -2.28. The molecule has 1 aliphatic heterocycles. The van der Waals surface area contributed by atoms with Crippen LogP contribution in [0.3, 0.4) is 0 Å². The van der Waals surface area contributed by atoms with Gasteiger partial charge in [-0.2, -0.15) is 18.6 Å². The summed E-state index contributed by atoms with van der Waals surface area (Å²) < 4.78 is 29.8. The van der Waals surface area contributed by atoms with Crippen molar-refractivity contribution in [2.45, 2.75) is 38.8 Å². The second-order valence-electron chi connectivity index (χ2n) is 10.0. The highest BCUT2D eigenvalue weighted by Gasteiger charge is 2.26. The van der Waals surface area contributed by atoms with Crippen LogP contribution in [0.2, 0.25) is 5.02 Å². The summed E-state index contributed by atoms with van der Waals surface area (Å²) in [5.41, 5.74) is 7.29. The van der Waals surface area contributed by atoms with Crippen LogP contribution in [0.5, 0.6) is 0 Å². The first kappa shape index (κ1) is 30.1. The Morgan fingerprint density at radius 2 is 1.95 bits per heavy atom. The zero-order chi connectivity index (χ0) is 30.8. The van der Waals surface area contributed by atoms with Crippen LogP contribution in [0.4, 0.5) is 20.2 Å². The maximum Gasteiger partial charge on any atom is 0.333 e. The number of alkyl halides is 2. The number of nitrogens with two attached hydrogens (primary N) is 2. The summed E-state index contributed by atoms with van der Waals surface area (Å²) in [5, 5.41) is 8.03. The lowest BCUT2D eigenvalue weighted by Gasteiger charge is -2.23. The molecule has 0 saturated carbocycles. The van der Waals surface area contributed by atoms with E-state index >= 15 is 0 Å². The molecule has 0 spiro atoms. The monoisotopic (exact) mass is 629 g/mol. The molecule has 5 rings (SSSR count). The maximum atomic E-state index is 13.9. The van der Waals surface area contributed by atoms with Crippen LogP contribution in [0.25, 0.3) is 22.6 Å². The minimum Gasteiger partial charge on any atom is -0.388 e. The molecular formula is C28H27Cl2F2N9O2. The lowest BCUT2D eigenvalue weighted by molar-refractivity contribution is -0.119. The Labute approximate surface area is 254 Å². The van der Waals surface area contributed by atoms with E-state index in [9.17, 15) is 18.4 Å². The summed E-state index contributed by atoms with van der Waals surface area (Å²) in [7, 11) is 0. The van der Waals surface area contributed by atoms with Gasteiger partial charge in [0.2, 0.25) is 5.91 Å². The molecule has 4 heterocycles. The fourth-order valence-electron chi connectivity index (χ4n) is 5.04. The number of hydrogen-bond donors (Lipinski definition) is 3. The minimum atomic E-state index is -2.97. The molecule has 11 nitrogen and oxygen atoms in total. The third-order valence-electron chi connectivity index (χ3n) is 7.16. The van der Waals surface area contributed by atoms with E-state index in [0.29, 0.717) is 51.5 Å². The molecule has 43 heavy (non-hydrogen) atoms. The zero-order valence-electron chi connectivity index (χ0n) is 22.8. The molecule has 0 saturated heterocycles. The average molecular weight is 630 g/mol. The van der Waals surface area contributed by atoms with Gasteiger partial charge in [0.15, 0.2) is 0 Å². The molecular weight excluding hydrogens is 603 g/mol. The molecule has 3 aromatic heterocycles. The Kier molecular flexibility index (Phi) is 8.76. The highest BCUT2D eigenvalue weighted by Crippen LogP contribution is 2.35. The number of fused-ring (bicyclic) bond motifs is 4. The summed E-state index contributed by atoms with van der Waals surface area (Å²) in [6, 6.07) is 9.03. The minimum absolute atomic E-state index is 0.0380. The zero-order valence-corrected chi connectivity index (χ0v) is 24.3. The van der Waals surface area contributed by atoms with Crippen molar-refractivity contribution in [2.24, 2.45) is 17.5 Å². The normalized spacial score (nSPS) is 17.6. The fraction of sp³-hybridized carbons (Fsp3) is 0.250. The number of pyridine rings is 1. The average Bonchev–Trinajstić information content (AvgIpc) is 3.38. The molecule has 224 valence electrons. The number of benzene rings is 1. The highest BCUT2D eigenvalue weighted by atomic mass is 35.5. The molecule has 1 aliphatic rings. The summed E-state index contributed by atoms with van der Waals surface area (Å²) in [6.45, 7) is -1.22. The third-order valence-corrected chi connectivity index (χ3v) is 7.49. The Morgan fingerprint density at radius 1 is 1.16 bits per heavy atom. The smallest absolute Gasteiger partial charge is 0.333 e. The summed E-state index contributed by atoms with van der Waals surface area (Å²) in [5.74, 6) is 5.36. The number of nitrogens with one attached hydrogen (secondary N) is 1. The second kappa shape index (κ2) is 12.5. The number of hydrazine groups is 1. The molecule has 1 amide bonds. The standard InChI is InChI=1S/C28H27Cl2F2N9O2/c1-15-3-2-4-22(16-7-8-35-20(9-16)26-21(38-27(15)43)12-37-41(26)28(31)32)39-14-36-19(11-25(39)42)18-10-17(29)5-6-23(18)40(34)13-24(30)33/h5-15,22,28H,2-4,33-34H2,1H3,(H,38,43)/b24-13-. The van der Waals surface area contributed by atoms with Gasteiger partial charge in [-0.05, 0) is 48.7 Å². The van der Waals surface area contributed by atoms with Crippen molar-refractivity contribution in [1.82, 2.24) is 24.3 Å². The van der Waals surface area contributed by atoms with Gasteiger partial charge < -0.3 is 11.1 Å². The number of carbonyl (C=O) groups excluding carboxylic acids is 1. The number of carbonyl (C=O) groups is 1. The molecule has 2 bridgehead atoms. The van der Waals surface area contributed by atoms with Crippen molar-refractivity contribution in [3.05, 3.63) is 87.4 Å². The topological polar surface area (TPSA) is 150 Å². The summed E-state index contributed by atoms with van der Waals surface area (Å²) in [4.78, 5) is 35.4. The SMILES string of the molecule is CC1CCCC(n2cnc(-c3cc(Cl)ccc3N(N)/C=C(\N)Cl)cc2=O)c2ccnc(c2)-c2c(cnn2C(F)F)NC1=O. The first-order valence-electron chi connectivity index (χ1n) is 13.2. The number of aromatic nitrogens is 5. The molecule has 4 aromatic rings. The molecule has 15 heteroatoms. The molecule has 2 unspecified atom stereocenters. The van der Waals surface area contributed by atoms with Crippen molar-refractivity contribution in [3.8, 4) is 22.6 Å². The van der Waals surface area contributed by atoms with Gasteiger partial charge in [0.1, 0.15) is 10.9 Å². The number of rotatable bonds is 5. The van der Waals surface area contributed by atoms with E-state index in [2.05, 4.69) is 20.4 Å². The Bertz CT molecular complexity index is 1750. The Balaban J connectivity index is 1.61. The third kappa shape index (κ3) is 6.38. The quantitative estimate of drug-likeness (QED) is 0.154. The van der Waals surface area contributed by atoms with Crippen LogP contribution in [0, 0.1) is 5.92 Å². The highest BCUT2D eigenvalue weighted by molar-refractivity contribution is 6.31. The van der Waals surface area contributed by atoms with E-state index in [1.54, 1.807) is 37.3 Å². The van der Waals surface area contributed by atoms with Crippen LogP contribution in [0.1, 0.15) is 44.3 Å². The second-order valence-corrected chi connectivity index (χ2v) is 10.9. The van der Waals surface area contributed by atoms with Crippen LogP contribution in [-0.4, -0.2) is 30.2 Å². The number of halogens is 4. The molecule has 0 fully saturated rings. The van der Waals surface area contributed by atoms with Crippen molar-refractivity contribution in [1.29, 1.82) is 0 Å². The van der Waals surface area contributed by atoms with Gasteiger partial charge in [-0.25, -0.2) is 10.8 Å². The fourth-order valence-corrected chi connectivity index (χ4v) is 5.32. The summed E-state index contributed by atoms with van der Waals surface area (Å²) >= 11 is 12.0. The predicted octanol–water partition coefficient (Wildman–Crippen LogP) is 5.24. The first-order chi connectivity index (χ1) is 20.5. The van der Waals surface area contributed by atoms with E-state index < -0.39 is 18.5 Å². The van der Waals surface area contributed by atoms with Crippen molar-refractivity contribution >= 4 is 40.5 Å². The van der Waals surface area contributed by atoms with E-state index in [1.807, 2.05) is 0 Å². The number of anilines is 2. The van der Waals surface area contributed by atoms with E-state index in [4.69, 9.17) is 34.8 Å². The molecule has 1 aromatic carbocycles. The van der Waals surface area contributed by atoms with Crippen LogP contribution in [-0.2, 0) is 4.79 Å². The Morgan fingerprint density at radius 3 is 2.67 bits per heavy atom. The molecule has 5 N–H and O–H groups in total. The predicted molar refractivity (Wildman–Crippen MR) is 160 cm³/mol. The van der Waals surface area contributed by atoms with Crippen LogP contribution < -0.4 is 27.5 Å². The summed E-state index contributed by atoms with van der Waals surface area (Å²) in [6.07, 6.45) is 6.90. The van der Waals surface area contributed by atoms with Gasteiger partial charge in [0.25, 0.3) is 5.56 Å². The van der Waals surface area contributed by atoms with E-state index in [0.717, 1.165) is 0 Å². The van der Waals surface area contributed by atoms with Gasteiger partial charge in [0.05, 0.1) is 47.5 Å². The van der Waals surface area contributed by atoms with Gasteiger partial charge in [-0.1, -0.05) is 36.5 Å². The lowest BCUT2D eigenvalue weighted by atomic mass is 9.95. The molecule has 2 atom stereocenters. The Hall–Kier alpha value is -4.33. The van der Waals surface area contributed by atoms with Gasteiger partial charge in [-0.15, -0.1) is 0 Å². The van der Waals surface area contributed by atoms with Crippen molar-refractivity contribution in [3.63, 3.8) is 0 Å². The number of nitrogens with zero attached hydrogens (tertiary/aromatic N) is 6. The van der Waals surface area contributed by atoms with E-state index in [1.165, 1.54) is 40.6 Å². The largest absolute Gasteiger partial charge is 0.388 e. The van der Waals surface area contributed by atoms with Gasteiger partial charge in [0, 0.05) is 28.8 Å².